The summed E-state index contributed by atoms with van der Waals surface area (Å²) >= 11 is 1.48. The van der Waals surface area contributed by atoms with Crippen molar-refractivity contribution in [2.24, 2.45) is 0 Å². The fourth-order valence-corrected chi connectivity index (χ4v) is 3.75. The Morgan fingerprint density at radius 2 is 1.80 bits per heavy atom. The summed E-state index contributed by atoms with van der Waals surface area (Å²) < 4.78 is 0. The van der Waals surface area contributed by atoms with Gasteiger partial charge >= 0.3 is 0 Å². The van der Waals surface area contributed by atoms with Crippen molar-refractivity contribution in [1.29, 1.82) is 0 Å². The molecule has 1 N–H and O–H groups in total. The fourth-order valence-electron chi connectivity index (χ4n) is 2.97. The number of fused-ring (bicyclic) bond motifs is 1. The van der Waals surface area contributed by atoms with E-state index in [4.69, 9.17) is 0 Å². The van der Waals surface area contributed by atoms with Crippen molar-refractivity contribution in [3.05, 3.63) is 71.3 Å². The summed E-state index contributed by atoms with van der Waals surface area (Å²) in [5.74, 6) is 0.384. The van der Waals surface area contributed by atoms with E-state index in [1.54, 1.807) is 0 Å². The van der Waals surface area contributed by atoms with Crippen molar-refractivity contribution in [3.8, 4) is 0 Å². The number of carbonyl (C=O) groups is 1. The summed E-state index contributed by atoms with van der Waals surface area (Å²) in [6, 6.07) is 18.3. The first-order chi connectivity index (χ1) is 12.0. The Morgan fingerprint density at radius 1 is 1.08 bits per heavy atom. The topological polar surface area (TPSA) is 42.0 Å². The predicted octanol–water partition coefficient (Wildman–Crippen LogP) is 4.82. The minimum atomic E-state index is 0.000554. The molecular formula is C21H22N2OS. The molecule has 1 heterocycles. The minimum Gasteiger partial charge on any atom is -0.349 e. The van der Waals surface area contributed by atoms with Gasteiger partial charge in [-0.15, -0.1) is 0 Å². The zero-order chi connectivity index (χ0) is 17.8. The Bertz CT molecular complexity index is 907. The molecule has 3 nitrogen and oxygen atoms in total. The highest BCUT2D eigenvalue weighted by Crippen LogP contribution is 2.24. The number of hydrogen-bond acceptors (Lipinski definition) is 3. The predicted molar refractivity (Wildman–Crippen MR) is 105 cm³/mol. The Labute approximate surface area is 152 Å². The third-order valence-electron chi connectivity index (χ3n) is 4.28. The third-order valence-corrected chi connectivity index (χ3v) is 5.19. The molecule has 0 aliphatic heterocycles. The molecule has 3 rings (SSSR count). The maximum atomic E-state index is 12.3. The molecule has 0 spiro atoms. The molecule has 0 radical (unpaired) electrons. The maximum Gasteiger partial charge on any atom is 0.230 e. The first-order valence-electron chi connectivity index (χ1n) is 8.38. The third kappa shape index (κ3) is 4.20. The number of para-hydroxylation sites is 1. The Morgan fingerprint density at radius 3 is 2.60 bits per heavy atom. The molecule has 1 atom stereocenters. The van der Waals surface area contributed by atoms with Crippen LogP contribution in [0, 0.1) is 13.8 Å². The van der Waals surface area contributed by atoms with E-state index in [0.717, 1.165) is 21.5 Å². The molecule has 1 amide bonds. The number of nitrogens with zero attached hydrogens (tertiary/aromatic N) is 1. The summed E-state index contributed by atoms with van der Waals surface area (Å²) in [6.45, 7) is 6.16. The average molecular weight is 350 g/mol. The average Bonchev–Trinajstić information content (AvgIpc) is 2.60. The van der Waals surface area contributed by atoms with Gasteiger partial charge in [0.05, 0.1) is 22.3 Å². The molecule has 0 saturated carbocycles. The first kappa shape index (κ1) is 17.5. The van der Waals surface area contributed by atoms with Crippen molar-refractivity contribution in [3.63, 3.8) is 0 Å². The number of benzene rings is 2. The van der Waals surface area contributed by atoms with Crippen LogP contribution in [0.15, 0.2) is 59.6 Å². The van der Waals surface area contributed by atoms with Crippen molar-refractivity contribution >= 4 is 28.6 Å². The number of pyridine rings is 1. The van der Waals surface area contributed by atoms with Crippen LogP contribution in [0.3, 0.4) is 0 Å². The van der Waals surface area contributed by atoms with E-state index < -0.39 is 0 Å². The molecular weight excluding hydrogens is 328 g/mol. The van der Waals surface area contributed by atoms with Gasteiger partial charge in [-0.05, 0) is 49.6 Å². The molecule has 3 aromatic rings. The van der Waals surface area contributed by atoms with Gasteiger partial charge in [0.15, 0.2) is 0 Å². The standard InChI is InChI=1S/C21H22N2OS/c1-14-8-4-5-9-17(14)16(3)22-20(24)13-25-21-12-15(2)18-10-6-7-11-19(18)23-21/h4-12,16H,13H2,1-3H3,(H,22,24). The molecule has 1 aromatic heterocycles. The number of thioether (sulfide) groups is 1. The lowest BCUT2D eigenvalue weighted by atomic mass is 10.0. The van der Waals surface area contributed by atoms with Gasteiger partial charge in [0.1, 0.15) is 0 Å². The first-order valence-corrected chi connectivity index (χ1v) is 9.37. The Balaban J connectivity index is 1.63. The van der Waals surface area contributed by atoms with Gasteiger partial charge < -0.3 is 5.32 Å². The maximum absolute atomic E-state index is 12.3. The van der Waals surface area contributed by atoms with Crippen LogP contribution < -0.4 is 5.32 Å². The van der Waals surface area contributed by atoms with Gasteiger partial charge in [-0.25, -0.2) is 4.98 Å². The van der Waals surface area contributed by atoms with Gasteiger partial charge in [-0.1, -0.05) is 54.2 Å². The van der Waals surface area contributed by atoms with E-state index >= 15 is 0 Å². The van der Waals surface area contributed by atoms with Crippen molar-refractivity contribution in [2.45, 2.75) is 31.8 Å². The summed E-state index contributed by atoms with van der Waals surface area (Å²) in [7, 11) is 0. The van der Waals surface area contributed by atoms with E-state index in [-0.39, 0.29) is 11.9 Å². The summed E-state index contributed by atoms with van der Waals surface area (Å²) in [6.07, 6.45) is 0. The lowest BCUT2D eigenvalue weighted by Gasteiger charge is -2.16. The molecule has 4 heteroatoms. The number of aryl methyl sites for hydroxylation is 2. The molecule has 0 aliphatic rings. The molecule has 2 aromatic carbocycles. The highest BCUT2D eigenvalue weighted by Gasteiger charge is 2.12. The van der Waals surface area contributed by atoms with E-state index in [2.05, 4.69) is 42.3 Å². The smallest absolute Gasteiger partial charge is 0.230 e. The SMILES string of the molecule is Cc1ccccc1C(C)NC(=O)CSc1cc(C)c2ccccc2n1. The van der Waals surface area contributed by atoms with Gasteiger partial charge in [0.25, 0.3) is 0 Å². The highest BCUT2D eigenvalue weighted by molar-refractivity contribution is 7.99. The van der Waals surface area contributed by atoms with Crippen molar-refractivity contribution in [2.75, 3.05) is 5.75 Å². The second kappa shape index (κ2) is 7.70. The van der Waals surface area contributed by atoms with Crippen LogP contribution in [-0.2, 0) is 4.79 Å². The summed E-state index contributed by atoms with van der Waals surface area (Å²) in [4.78, 5) is 16.9. The van der Waals surface area contributed by atoms with Crippen LogP contribution in [0.1, 0.15) is 29.7 Å². The molecule has 128 valence electrons. The van der Waals surface area contributed by atoms with Crippen LogP contribution in [-0.4, -0.2) is 16.6 Å². The Hall–Kier alpha value is -2.33. The van der Waals surface area contributed by atoms with Crippen LogP contribution in [0.2, 0.25) is 0 Å². The van der Waals surface area contributed by atoms with E-state index in [0.29, 0.717) is 5.75 Å². The summed E-state index contributed by atoms with van der Waals surface area (Å²) in [5, 5.41) is 5.11. The highest BCUT2D eigenvalue weighted by atomic mass is 32.2. The zero-order valence-electron chi connectivity index (χ0n) is 14.7. The molecule has 0 bridgehead atoms. The lowest BCUT2D eigenvalue weighted by Crippen LogP contribution is -2.28. The van der Waals surface area contributed by atoms with Crippen LogP contribution in [0.5, 0.6) is 0 Å². The second-order valence-corrected chi connectivity index (χ2v) is 7.22. The van der Waals surface area contributed by atoms with Crippen molar-refractivity contribution < 1.29 is 4.79 Å². The van der Waals surface area contributed by atoms with Gasteiger partial charge in [0, 0.05) is 5.39 Å². The number of nitrogens with one attached hydrogen (secondary N) is 1. The second-order valence-electron chi connectivity index (χ2n) is 6.23. The quantitative estimate of drug-likeness (QED) is 0.671. The number of rotatable bonds is 5. The van der Waals surface area contributed by atoms with Crippen LogP contribution >= 0.6 is 11.8 Å². The number of hydrogen-bond donors (Lipinski definition) is 1. The van der Waals surface area contributed by atoms with Crippen molar-refractivity contribution in [1.82, 2.24) is 10.3 Å². The lowest BCUT2D eigenvalue weighted by molar-refractivity contribution is -0.119. The largest absolute Gasteiger partial charge is 0.349 e. The van der Waals surface area contributed by atoms with E-state index in [9.17, 15) is 4.79 Å². The molecule has 1 unspecified atom stereocenters. The van der Waals surface area contributed by atoms with E-state index in [1.165, 1.54) is 22.9 Å². The van der Waals surface area contributed by atoms with Gasteiger partial charge in [0.2, 0.25) is 5.91 Å². The van der Waals surface area contributed by atoms with Crippen LogP contribution in [0.25, 0.3) is 10.9 Å². The Kier molecular flexibility index (Phi) is 5.39. The molecule has 0 saturated heterocycles. The molecule has 25 heavy (non-hydrogen) atoms. The number of aromatic nitrogens is 1. The minimum absolute atomic E-state index is 0.000554. The van der Waals surface area contributed by atoms with Gasteiger partial charge in [-0.3, -0.25) is 4.79 Å². The molecule has 0 aliphatic carbocycles. The van der Waals surface area contributed by atoms with E-state index in [1.807, 2.05) is 43.3 Å². The normalized spacial score (nSPS) is 12.1. The fraction of sp³-hybridized carbons (Fsp3) is 0.238. The van der Waals surface area contributed by atoms with Gasteiger partial charge in [-0.2, -0.15) is 0 Å². The summed E-state index contributed by atoms with van der Waals surface area (Å²) in [5.41, 5.74) is 4.50. The number of amides is 1. The molecule has 0 fully saturated rings. The number of carbonyl (C=O) groups excluding carboxylic acids is 1. The zero-order valence-corrected chi connectivity index (χ0v) is 15.6. The monoisotopic (exact) mass is 350 g/mol. The van der Waals surface area contributed by atoms with Crippen LogP contribution in [0.4, 0.5) is 0 Å².